The number of rotatable bonds is 5. The van der Waals surface area contributed by atoms with Crippen LogP contribution < -0.4 is 5.32 Å². The number of hydrogen-bond acceptors (Lipinski definition) is 4. The highest BCUT2D eigenvalue weighted by atomic mass is 16.6. The van der Waals surface area contributed by atoms with Gasteiger partial charge in [-0.05, 0) is 38.5 Å². The van der Waals surface area contributed by atoms with Crippen molar-refractivity contribution in [3.63, 3.8) is 0 Å². The fourth-order valence-electron chi connectivity index (χ4n) is 1.42. The number of pyridine rings is 1. The minimum absolute atomic E-state index is 0.147. The summed E-state index contributed by atoms with van der Waals surface area (Å²) in [5.74, 6) is -0.309. The Morgan fingerprint density at radius 1 is 1.39 bits per heavy atom. The molecule has 0 saturated carbocycles. The monoisotopic (exact) mass is 250 g/mol. The molecule has 4 nitrogen and oxygen atoms in total. The lowest BCUT2D eigenvalue weighted by atomic mass is 10.1. The average molecular weight is 250 g/mol. The van der Waals surface area contributed by atoms with Gasteiger partial charge in [0.1, 0.15) is 5.60 Å². The molecule has 0 spiro atoms. The summed E-state index contributed by atoms with van der Waals surface area (Å²) in [7, 11) is 0. The third kappa shape index (κ3) is 5.77. The summed E-state index contributed by atoms with van der Waals surface area (Å²) in [6.07, 6.45) is 3.52. The Balaban J connectivity index is 2.29. The van der Waals surface area contributed by atoms with Gasteiger partial charge in [0.2, 0.25) is 0 Å². The summed E-state index contributed by atoms with van der Waals surface area (Å²) < 4.78 is 5.31. The van der Waals surface area contributed by atoms with Gasteiger partial charge in [0.05, 0.1) is 5.92 Å². The predicted molar refractivity (Wildman–Crippen MR) is 71.0 cm³/mol. The van der Waals surface area contributed by atoms with E-state index in [-0.39, 0.29) is 11.9 Å². The van der Waals surface area contributed by atoms with Crippen molar-refractivity contribution >= 4 is 5.97 Å². The van der Waals surface area contributed by atoms with E-state index >= 15 is 0 Å². The number of nitrogens with zero attached hydrogens (tertiary/aromatic N) is 1. The molecule has 0 aliphatic heterocycles. The Bertz CT molecular complexity index is 371. The average Bonchev–Trinajstić information content (AvgIpc) is 2.28. The Morgan fingerprint density at radius 3 is 2.56 bits per heavy atom. The molecule has 1 aromatic heterocycles. The van der Waals surface area contributed by atoms with Crippen molar-refractivity contribution < 1.29 is 9.53 Å². The van der Waals surface area contributed by atoms with Gasteiger partial charge in [0.15, 0.2) is 0 Å². The molecule has 0 radical (unpaired) electrons. The first-order chi connectivity index (χ1) is 8.38. The van der Waals surface area contributed by atoms with Gasteiger partial charge in [-0.3, -0.25) is 9.78 Å². The fourth-order valence-corrected chi connectivity index (χ4v) is 1.42. The van der Waals surface area contributed by atoms with Crippen LogP contribution in [0.5, 0.6) is 0 Å². The number of hydrogen-bond donors (Lipinski definition) is 1. The van der Waals surface area contributed by atoms with Crippen molar-refractivity contribution in [2.45, 2.75) is 39.8 Å². The van der Waals surface area contributed by atoms with E-state index in [0.29, 0.717) is 6.54 Å². The Labute approximate surface area is 109 Å². The predicted octanol–water partition coefficient (Wildman–Crippen LogP) is 2.15. The molecule has 0 aliphatic carbocycles. The van der Waals surface area contributed by atoms with Gasteiger partial charge in [-0.15, -0.1) is 0 Å². The lowest BCUT2D eigenvalue weighted by Crippen LogP contribution is -2.32. The molecular weight excluding hydrogens is 228 g/mol. The molecular formula is C14H22N2O2. The molecule has 1 rings (SSSR count). The molecule has 0 fully saturated rings. The lowest BCUT2D eigenvalue weighted by molar-refractivity contribution is -0.159. The van der Waals surface area contributed by atoms with Crippen LogP contribution in [0.25, 0.3) is 0 Å². The molecule has 0 amide bonds. The maximum Gasteiger partial charge on any atom is 0.310 e. The van der Waals surface area contributed by atoms with Crippen molar-refractivity contribution in [2.24, 2.45) is 5.92 Å². The van der Waals surface area contributed by atoms with Crippen LogP contribution in [0.3, 0.4) is 0 Å². The summed E-state index contributed by atoms with van der Waals surface area (Å²) in [5.41, 5.74) is 0.734. The van der Waals surface area contributed by atoms with Crippen LogP contribution in [0, 0.1) is 5.92 Å². The van der Waals surface area contributed by atoms with Crippen LogP contribution in [0.2, 0.25) is 0 Å². The van der Waals surface area contributed by atoms with E-state index < -0.39 is 5.60 Å². The van der Waals surface area contributed by atoms with E-state index in [1.807, 2.05) is 39.8 Å². The summed E-state index contributed by atoms with van der Waals surface area (Å²) >= 11 is 0. The zero-order valence-electron chi connectivity index (χ0n) is 11.6. The van der Waals surface area contributed by atoms with Crippen LogP contribution in [0.1, 0.15) is 33.3 Å². The van der Waals surface area contributed by atoms with E-state index in [4.69, 9.17) is 4.74 Å². The summed E-state index contributed by atoms with van der Waals surface area (Å²) in [6, 6.07) is 3.90. The standard InChI is InChI=1S/C14H22N2O2/c1-11(13(17)18-14(2,3)4)9-16-10-12-5-7-15-8-6-12/h5-8,11,16H,9-10H2,1-4H3/t11-/m1/s1. The van der Waals surface area contributed by atoms with Crippen LogP contribution in [0.4, 0.5) is 0 Å². The van der Waals surface area contributed by atoms with Gasteiger partial charge in [0.25, 0.3) is 0 Å². The summed E-state index contributed by atoms with van der Waals surface area (Å²) in [6.45, 7) is 8.84. The number of carbonyl (C=O) groups is 1. The van der Waals surface area contributed by atoms with Gasteiger partial charge in [-0.1, -0.05) is 6.92 Å². The molecule has 1 aromatic rings. The maximum atomic E-state index is 11.7. The third-order valence-electron chi connectivity index (χ3n) is 2.34. The second-order valence-corrected chi connectivity index (χ2v) is 5.42. The maximum absolute atomic E-state index is 11.7. The highest BCUT2D eigenvalue weighted by Gasteiger charge is 2.21. The quantitative estimate of drug-likeness (QED) is 0.814. The minimum Gasteiger partial charge on any atom is -0.460 e. The second-order valence-electron chi connectivity index (χ2n) is 5.42. The third-order valence-corrected chi connectivity index (χ3v) is 2.34. The minimum atomic E-state index is -0.420. The molecule has 100 valence electrons. The van der Waals surface area contributed by atoms with Gasteiger partial charge < -0.3 is 10.1 Å². The highest BCUT2D eigenvalue weighted by Crippen LogP contribution is 2.10. The highest BCUT2D eigenvalue weighted by molar-refractivity contribution is 5.72. The molecule has 0 saturated heterocycles. The van der Waals surface area contributed by atoms with Crippen LogP contribution in [0.15, 0.2) is 24.5 Å². The zero-order chi connectivity index (χ0) is 13.6. The van der Waals surface area contributed by atoms with E-state index in [9.17, 15) is 4.79 Å². The van der Waals surface area contributed by atoms with Crippen LogP contribution in [-0.2, 0) is 16.1 Å². The van der Waals surface area contributed by atoms with Gasteiger partial charge >= 0.3 is 5.97 Å². The zero-order valence-corrected chi connectivity index (χ0v) is 11.6. The smallest absolute Gasteiger partial charge is 0.310 e. The number of aromatic nitrogens is 1. The van der Waals surface area contributed by atoms with Crippen LogP contribution >= 0.6 is 0 Å². The lowest BCUT2D eigenvalue weighted by Gasteiger charge is -2.22. The molecule has 1 atom stereocenters. The molecule has 1 N–H and O–H groups in total. The largest absolute Gasteiger partial charge is 0.460 e. The fraction of sp³-hybridized carbons (Fsp3) is 0.571. The van der Waals surface area contributed by atoms with E-state index in [1.165, 1.54) is 0 Å². The first-order valence-corrected chi connectivity index (χ1v) is 6.21. The SMILES string of the molecule is C[C@H](CNCc1ccncc1)C(=O)OC(C)(C)C. The molecule has 0 unspecified atom stereocenters. The van der Waals surface area contributed by atoms with E-state index in [1.54, 1.807) is 12.4 Å². The Hall–Kier alpha value is -1.42. The normalized spacial score (nSPS) is 13.1. The number of carbonyl (C=O) groups excluding carboxylic acids is 1. The number of nitrogens with one attached hydrogen (secondary N) is 1. The van der Waals surface area contributed by atoms with Gasteiger partial charge in [-0.2, -0.15) is 0 Å². The van der Waals surface area contributed by atoms with Crippen molar-refractivity contribution in [3.05, 3.63) is 30.1 Å². The van der Waals surface area contributed by atoms with Crippen molar-refractivity contribution in [1.82, 2.24) is 10.3 Å². The molecule has 18 heavy (non-hydrogen) atoms. The molecule has 4 heteroatoms. The molecule has 0 bridgehead atoms. The first kappa shape index (κ1) is 14.6. The second kappa shape index (κ2) is 6.50. The van der Waals surface area contributed by atoms with Crippen molar-refractivity contribution in [2.75, 3.05) is 6.54 Å². The number of ether oxygens (including phenoxy) is 1. The first-order valence-electron chi connectivity index (χ1n) is 6.21. The molecule has 0 aliphatic rings. The van der Waals surface area contributed by atoms with Gasteiger partial charge in [0, 0.05) is 25.5 Å². The van der Waals surface area contributed by atoms with Gasteiger partial charge in [-0.25, -0.2) is 0 Å². The topological polar surface area (TPSA) is 51.2 Å². The number of esters is 1. The Kier molecular flexibility index (Phi) is 5.28. The molecule has 0 aromatic carbocycles. The van der Waals surface area contributed by atoms with E-state index in [2.05, 4.69) is 10.3 Å². The van der Waals surface area contributed by atoms with E-state index in [0.717, 1.165) is 12.1 Å². The Morgan fingerprint density at radius 2 is 2.00 bits per heavy atom. The van der Waals surface area contributed by atoms with Crippen molar-refractivity contribution in [1.29, 1.82) is 0 Å². The summed E-state index contributed by atoms with van der Waals surface area (Å²) in [4.78, 5) is 15.7. The molecule has 1 heterocycles. The van der Waals surface area contributed by atoms with Crippen LogP contribution in [-0.4, -0.2) is 23.1 Å². The summed E-state index contributed by atoms with van der Waals surface area (Å²) in [5, 5.41) is 3.24. The van der Waals surface area contributed by atoms with Crippen molar-refractivity contribution in [3.8, 4) is 0 Å².